The van der Waals surface area contributed by atoms with E-state index >= 15 is 0 Å². The Morgan fingerprint density at radius 2 is 1.70 bits per heavy atom. The molecule has 0 aliphatic rings. The predicted octanol–water partition coefficient (Wildman–Crippen LogP) is 6.44. The Hall–Kier alpha value is -2.06. The summed E-state index contributed by atoms with van der Waals surface area (Å²) in [7, 11) is -3.34. The van der Waals surface area contributed by atoms with Crippen LogP contribution in [0.3, 0.4) is 0 Å². The van der Waals surface area contributed by atoms with Gasteiger partial charge in [-0.15, -0.1) is 0 Å². The van der Waals surface area contributed by atoms with E-state index in [9.17, 15) is 8.42 Å². The predicted molar refractivity (Wildman–Crippen MR) is 135 cm³/mol. The summed E-state index contributed by atoms with van der Waals surface area (Å²) in [4.78, 5) is 4.14. The molecular formula is C24H29Cl2N3O3S. The minimum atomic E-state index is -3.34. The lowest BCUT2D eigenvalue weighted by atomic mass is 9.78. The highest BCUT2D eigenvalue weighted by Crippen LogP contribution is 2.38. The zero-order valence-corrected chi connectivity index (χ0v) is 21.5. The monoisotopic (exact) mass is 509 g/mol. The van der Waals surface area contributed by atoms with Gasteiger partial charge in [-0.25, -0.2) is 13.1 Å². The summed E-state index contributed by atoms with van der Waals surface area (Å²) in [6, 6.07) is 12.0. The van der Waals surface area contributed by atoms with Gasteiger partial charge in [0.15, 0.2) is 18.0 Å². The molecule has 178 valence electrons. The average molecular weight is 510 g/mol. The topological polar surface area (TPSA) is 84.2 Å². The van der Waals surface area contributed by atoms with Crippen molar-refractivity contribution in [1.82, 2.24) is 9.71 Å². The molecule has 6 nitrogen and oxygen atoms in total. The third kappa shape index (κ3) is 6.51. The fourth-order valence-corrected chi connectivity index (χ4v) is 4.59. The first-order valence-electron chi connectivity index (χ1n) is 10.7. The van der Waals surface area contributed by atoms with Crippen LogP contribution in [0, 0.1) is 0 Å². The third-order valence-corrected chi connectivity index (χ3v) is 6.99. The minimum absolute atomic E-state index is 0.0159. The largest absolute Gasteiger partial charge is 0.445 e. The first kappa shape index (κ1) is 25.6. The maximum absolute atomic E-state index is 11.3. The first-order chi connectivity index (χ1) is 15.5. The van der Waals surface area contributed by atoms with Crippen LogP contribution in [-0.2, 0) is 28.4 Å². The van der Waals surface area contributed by atoms with E-state index in [0.29, 0.717) is 21.6 Å². The Balaban J connectivity index is 1.78. The Morgan fingerprint density at radius 1 is 1.06 bits per heavy atom. The van der Waals surface area contributed by atoms with E-state index in [2.05, 4.69) is 35.8 Å². The third-order valence-electron chi connectivity index (χ3n) is 5.65. The van der Waals surface area contributed by atoms with Crippen molar-refractivity contribution in [3.05, 3.63) is 75.3 Å². The van der Waals surface area contributed by atoms with Crippen molar-refractivity contribution >= 4 is 44.7 Å². The van der Waals surface area contributed by atoms with Crippen molar-refractivity contribution in [1.29, 1.82) is 0 Å². The number of hydrogen-bond acceptors (Lipinski definition) is 5. The van der Waals surface area contributed by atoms with Crippen LogP contribution in [0.5, 0.6) is 0 Å². The van der Waals surface area contributed by atoms with E-state index in [1.165, 1.54) is 6.39 Å². The van der Waals surface area contributed by atoms with Crippen LogP contribution >= 0.6 is 23.2 Å². The molecule has 9 heteroatoms. The molecular weight excluding hydrogens is 481 g/mol. The summed E-state index contributed by atoms with van der Waals surface area (Å²) in [6.45, 7) is 6.43. The molecule has 3 aromatic rings. The van der Waals surface area contributed by atoms with E-state index in [4.69, 9.17) is 27.6 Å². The molecule has 2 N–H and O–H groups in total. The van der Waals surface area contributed by atoms with Gasteiger partial charge in [-0.3, -0.25) is 0 Å². The highest BCUT2D eigenvalue weighted by atomic mass is 35.5. The molecule has 1 aromatic heterocycles. The molecule has 33 heavy (non-hydrogen) atoms. The summed E-state index contributed by atoms with van der Waals surface area (Å²) in [5, 5.41) is 4.58. The summed E-state index contributed by atoms with van der Waals surface area (Å²) < 4.78 is 30.4. The van der Waals surface area contributed by atoms with Gasteiger partial charge in [-0.1, -0.05) is 62.5 Å². The van der Waals surface area contributed by atoms with Crippen molar-refractivity contribution in [2.45, 2.75) is 52.0 Å². The van der Waals surface area contributed by atoms with Crippen LogP contribution in [0.2, 0.25) is 10.0 Å². The molecule has 0 saturated carbocycles. The summed E-state index contributed by atoms with van der Waals surface area (Å²) >= 11 is 13.2. The zero-order chi connectivity index (χ0) is 24.2. The Bertz CT molecular complexity index is 1180. The van der Waals surface area contributed by atoms with E-state index in [-0.39, 0.29) is 12.0 Å². The molecule has 0 unspecified atom stereocenters. The maximum atomic E-state index is 11.3. The van der Waals surface area contributed by atoms with E-state index in [1.54, 1.807) is 0 Å². The number of benzene rings is 2. The number of nitrogens with one attached hydrogen (secondary N) is 2. The van der Waals surface area contributed by atoms with Gasteiger partial charge in [0, 0.05) is 21.1 Å². The molecule has 0 fully saturated rings. The van der Waals surface area contributed by atoms with Crippen molar-refractivity contribution in [2.24, 2.45) is 0 Å². The number of sulfonamides is 1. The fourth-order valence-electron chi connectivity index (χ4n) is 3.52. The molecule has 3 rings (SSSR count). The van der Waals surface area contributed by atoms with Gasteiger partial charge in [0.2, 0.25) is 10.0 Å². The molecule has 0 aliphatic carbocycles. The smallest absolute Gasteiger partial charge is 0.209 e. The van der Waals surface area contributed by atoms with Crippen molar-refractivity contribution < 1.29 is 12.8 Å². The Labute approximate surface area is 205 Å². The number of nitrogens with zero attached hydrogens (tertiary/aromatic N) is 1. The molecule has 0 atom stereocenters. The number of rotatable bonds is 10. The van der Waals surface area contributed by atoms with Crippen LogP contribution in [0.1, 0.15) is 56.1 Å². The molecule has 2 aromatic carbocycles. The standard InChI is InChI=1S/C24H29Cl2N3O3S/c1-5-6-7-19-20(25)12-17(13-21(19)26)24(2,3)16-8-10-18(11-9-16)29-23-22(32-15-27-23)14-28-33(4,30)31/h8-13,15,28-29H,5-7,14H2,1-4H3. The number of anilines is 2. The molecule has 0 spiro atoms. The maximum Gasteiger partial charge on any atom is 0.209 e. The van der Waals surface area contributed by atoms with Crippen LogP contribution in [-0.4, -0.2) is 19.7 Å². The lowest BCUT2D eigenvalue weighted by Gasteiger charge is -2.27. The highest BCUT2D eigenvalue weighted by molar-refractivity contribution is 7.88. The zero-order valence-electron chi connectivity index (χ0n) is 19.2. The van der Waals surface area contributed by atoms with Crippen LogP contribution in [0.15, 0.2) is 47.2 Å². The molecule has 0 aliphatic heterocycles. The number of oxazole rings is 1. The number of hydrogen-bond donors (Lipinski definition) is 2. The minimum Gasteiger partial charge on any atom is -0.445 e. The van der Waals surface area contributed by atoms with Gasteiger partial charge in [0.1, 0.15) is 0 Å². The van der Waals surface area contributed by atoms with Crippen LogP contribution < -0.4 is 10.0 Å². The Morgan fingerprint density at radius 3 is 2.27 bits per heavy atom. The number of unbranched alkanes of at least 4 members (excludes halogenated alkanes) is 1. The van der Waals surface area contributed by atoms with Crippen LogP contribution in [0.4, 0.5) is 11.5 Å². The molecule has 0 saturated heterocycles. The second-order valence-corrected chi connectivity index (χ2v) is 11.2. The summed E-state index contributed by atoms with van der Waals surface area (Å²) in [5.41, 5.74) is 3.64. The summed E-state index contributed by atoms with van der Waals surface area (Å²) in [5.74, 6) is 0.858. The highest BCUT2D eigenvalue weighted by Gasteiger charge is 2.25. The SMILES string of the molecule is CCCCc1c(Cl)cc(C(C)(C)c2ccc(Nc3ncoc3CNS(C)(=O)=O)cc2)cc1Cl. The van der Waals surface area contributed by atoms with Gasteiger partial charge >= 0.3 is 0 Å². The molecule has 0 amide bonds. The van der Waals surface area contributed by atoms with Gasteiger partial charge < -0.3 is 9.73 Å². The molecule has 1 heterocycles. The van der Waals surface area contributed by atoms with Gasteiger partial charge in [0.05, 0.1) is 12.8 Å². The lowest BCUT2D eigenvalue weighted by Crippen LogP contribution is -2.21. The van der Waals surface area contributed by atoms with E-state index in [1.807, 2.05) is 36.4 Å². The molecule has 0 bridgehead atoms. The normalized spacial score (nSPS) is 12.2. The number of aromatic nitrogens is 1. The average Bonchev–Trinajstić information content (AvgIpc) is 3.18. The van der Waals surface area contributed by atoms with E-state index in [0.717, 1.165) is 47.9 Å². The second kappa shape index (κ2) is 10.5. The van der Waals surface area contributed by atoms with Crippen molar-refractivity contribution in [2.75, 3.05) is 11.6 Å². The van der Waals surface area contributed by atoms with Gasteiger partial charge in [-0.2, -0.15) is 4.98 Å². The van der Waals surface area contributed by atoms with Gasteiger partial charge in [0.25, 0.3) is 0 Å². The fraction of sp³-hybridized carbons (Fsp3) is 0.375. The Kier molecular flexibility index (Phi) is 8.11. The first-order valence-corrected chi connectivity index (χ1v) is 13.4. The van der Waals surface area contributed by atoms with Gasteiger partial charge in [-0.05, 0) is 53.8 Å². The second-order valence-electron chi connectivity index (χ2n) is 8.57. The number of halogens is 2. The van der Waals surface area contributed by atoms with E-state index < -0.39 is 10.0 Å². The molecule has 0 radical (unpaired) electrons. The van der Waals surface area contributed by atoms with Crippen molar-refractivity contribution in [3.63, 3.8) is 0 Å². The summed E-state index contributed by atoms with van der Waals surface area (Å²) in [6.07, 6.45) is 5.38. The van der Waals surface area contributed by atoms with Crippen molar-refractivity contribution in [3.8, 4) is 0 Å². The lowest BCUT2D eigenvalue weighted by molar-refractivity contribution is 0.495. The quantitative estimate of drug-likeness (QED) is 0.328. The van der Waals surface area contributed by atoms with Crippen LogP contribution in [0.25, 0.3) is 0 Å².